The van der Waals surface area contributed by atoms with E-state index in [1.165, 1.54) is 84.8 Å². The number of carbonyl (C=O) groups excluding carboxylic acids is 5. The highest BCUT2D eigenvalue weighted by atomic mass is 35.5. The first-order valence-corrected chi connectivity index (χ1v) is 25.0. The molecule has 8 aromatic rings. The van der Waals surface area contributed by atoms with E-state index in [0.717, 1.165) is 33.2 Å². The lowest BCUT2D eigenvalue weighted by Crippen LogP contribution is -2.27. The summed E-state index contributed by atoms with van der Waals surface area (Å²) in [5.41, 5.74) is 6.53. The van der Waals surface area contributed by atoms with Crippen LogP contribution in [0.25, 0.3) is 42.9 Å². The molecule has 0 spiro atoms. The van der Waals surface area contributed by atoms with Crippen LogP contribution in [0.4, 0.5) is 37.8 Å². The number of halogens is 2. The molecule has 2 amide bonds. The first kappa shape index (κ1) is 50.4. The van der Waals surface area contributed by atoms with E-state index in [1.54, 1.807) is 45.2 Å². The number of benzene rings is 4. The number of ether oxygens (including phenoxy) is 1. The summed E-state index contributed by atoms with van der Waals surface area (Å²) in [4.78, 5) is 58.4. The van der Waals surface area contributed by atoms with Crippen molar-refractivity contribution in [2.45, 2.75) is 65.6 Å². The van der Waals surface area contributed by atoms with E-state index in [0.29, 0.717) is 75.5 Å². The maximum atomic E-state index is 12.5. The number of nitrogens with one attached hydrogen (secondary N) is 5. The third-order valence-electron chi connectivity index (χ3n) is 9.15. The van der Waals surface area contributed by atoms with E-state index in [9.17, 15) is 24.0 Å². The van der Waals surface area contributed by atoms with Crippen LogP contribution in [0, 0.1) is 0 Å². The van der Waals surface area contributed by atoms with Crippen molar-refractivity contribution in [1.29, 1.82) is 0 Å². The molecule has 0 saturated heterocycles. The molecule has 0 unspecified atom stereocenters. The number of amides is 2. The largest absolute Gasteiger partial charge is 0.442 e. The Morgan fingerprint density at radius 2 is 1.19 bits per heavy atom. The zero-order valence-corrected chi connectivity index (χ0v) is 42.6. The average Bonchev–Trinajstić information content (AvgIpc) is 4.11. The van der Waals surface area contributed by atoms with Gasteiger partial charge < -0.3 is 26.0 Å². The van der Waals surface area contributed by atoms with Gasteiger partial charge in [0.05, 0.1) is 44.8 Å². The van der Waals surface area contributed by atoms with Crippen LogP contribution in [-0.2, 0) is 35.4 Å². The van der Waals surface area contributed by atoms with Gasteiger partial charge in [0.25, 0.3) is 0 Å². The Morgan fingerprint density at radius 1 is 0.681 bits per heavy atom. The molecule has 4 aromatic carbocycles. The number of hydrogen-bond acceptors (Lipinski definition) is 18. The van der Waals surface area contributed by atoms with E-state index in [2.05, 4.69) is 57.0 Å². The Balaban J connectivity index is 0.000000208. The van der Waals surface area contributed by atoms with Crippen molar-refractivity contribution in [3.63, 3.8) is 0 Å². The van der Waals surface area contributed by atoms with Gasteiger partial charge in [0.2, 0.25) is 22.1 Å². The molecule has 8 rings (SSSR count). The summed E-state index contributed by atoms with van der Waals surface area (Å²) < 4.78 is 6.58. The number of carbonyl (C=O) groups is 5. The number of fused-ring (bicyclic) bond motifs is 2. The third kappa shape index (κ3) is 13.4. The molecule has 69 heavy (non-hydrogen) atoms. The number of H-pyrrole nitrogens is 1. The molecule has 0 aliphatic carbocycles. The minimum absolute atomic E-state index is 0.00404. The van der Waals surface area contributed by atoms with Crippen LogP contribution in [0.3, 0.4) is 0 Å². The van der Waals surface area contributed by atoms with E-state index >= 15 is 0 Å². The molecule has 0 radical (unpaired) electrons. The van der Waals surface area contributed by atoms with Crippen molar-refractivity contribution < 1.29 is 28.7 Å². The van der Waals surface area contributed by atoms with Gasteiger partial charge in [-0.15, -0.1) is 20.4 Å². The van der Waals surface area contributed by atoms with Crippen molar-refractivity contribution >= 4 is 152 Å². The average molecular weight is 1050 g/mol. The second kappa shape index (κ2) is 21.9. The minimum Gasteiger partial charge on any atom is -0.442 e. The molecule has 24 heteroatoms. The molecule has 0 saturated carbocycles. The fourth-order valence-electron chi connectivity index (χ4n) is 6.42. The number of anilines is 6. The van der Waals surface area contributed by atoms with Gasteiger partial charge in [-0.1, -0.05) is 69.4 Å². The van der Waals surface area contributed by atoms with Crippen LogP contribution in [0.15, 0.2) is 73.1 Å². The molecule has 4 heterocycles. The summed E-state index contributed by atoms with van der Waals surface area (Å²) in [6.07, 6.45) is 2.58. The highest BCUT2D eigenvalue weighted by Gasteiger charge is 2.22. The van der Waals surface area contributed by atoms with Gasteiger partial charge in [-0.25, -0.2) is 4.79 Å². The van der Waals surface area contributed by atoms with Crippen LogP contribution in [-0.4, -0.2) is 74.1 Å². The smallest absolute Gasteiger partial charge is 0.435 e. The summed E-state index contributed by atoms with van der Waals surface area (Å²) >= 11 is 18.2. The molecule has 0 atom stereocenters. The molecule has 4 aromatic heterocycles. The SMILES string of the molecule is CC(=O)Nc1cc(CSC(C)=O)cc(-c2nnc(Nc3ccc4[nH]ncc4c3Cl)s2)c1.CC(=O)Nc1cc(CSC(C)=O)cc(-c2nnc(Nc3ccc4c(cnn4C(=O)OC(C)(C)C)c3Cl)s2)c1. The predicted molar refractivity (Wildman–Crippen MR) is 277 cm³/mol. The fourth-order valence-corrected chi connectivity index (χ4v) is 9.50. The van der Waals surface area contributed by atoms with Crippen molar-refractivity contribution in [1.82, 2.24) is 40.4 Å². The van der Waals surface area contributed by atoms with Crippen molar-refractivity contribution in [2.75, 3.05) is 21.3 Å². The number of rotatable bonds is 12. The molecule has 356 valence electrons. The minimum atomic E-state index is -0.662. The number of nitrogens with zero attached hydrogens (tertiary/aromatic N) is 7. The van der Waals surface area contributed by atoms with E-state index < -0.39 is 11.7 Å². The fraction of sp³-hybridized carbons (Fsp3) is 0.222. The maximum Gasteiger partial charge on any atom is 0.435 e. The van der Waals surface area contributed by atoms with Crippen LogP contribution in [0.2, 0.25) is 10.0 Å². The zero-order valence-electron chi connectivity index (χ0n) is 37.8. The van der Waals surface area contributed by atoms with E-state index in [4.69, 9.17) is 27.9 Å². The topological polar surface area (TPSA) is 241 Å². The Labute approximate surface area is 421 Å². The molecular formula is C45H42Cl2N12O6S4. The van der Waals surface area contributed by atoms with Crippen molar-refractivity contribution in [3.8, 4) is 21.1 Å². The lowest BCUT2D eigenvalue weighted by Gasteiger charge is -2.19. The molecular weight excluding hydrogens is 1000 g/mol. The van der Waals surface area contributed by atoms with Crippen LogP contribution >= 0.6 is 69.4 Å². The molecule has 0 bridgehead atoms. The highest BCUT2D eigenvalue weighted by molar-refractivity contribution is 8.13. The Kier molecular flexibility index (Phi) is 16.0. The predicted octanol–water partition coefficient (Wildman–Crippen LogP) is 11.7. The number of aromatic nitrogens is 8. The van der Waals surface area contributed by atoms with Crippen LogP contribution in [0.5, 0.6) is 0 Å². The first-order valence-electron chi connectivity index (χ1n) is 20.6. The summed E-state index contributed by atoms with van der Waals surface area (Å²) in [7, 11) is 0. The lowest BCUT2D eigenvalue weighted by atomic mass is 10.1. The normalized spacial score (nSPS) is 11.2. The second-order valence-corrected chi connectivity index (χ2v) is 21.0. The van der Waals surface area contributed by atoms with Gasteiger partial charge in [0.1, 0.15) is 15.6 Å². The lowest BCUT2D eigenvalue weighted by molar-refractivity contribution is -0.115. The van der Waals surface area contributed by atoms with E-state index in [-0.39, 0.29) is 22.0 Å². The standard InChI is InChI=1S/C25H25ClN6O4S2.C20H17ClN6O2S2/c1-13(33)28-17-9-15(12-37-14(2)34)8-16(10-17)22-30-31-23(38-22)29-19-6-7-20-18(21(19)26)11-27-32(20)24(35)36-25(3,4)5;1-10(28)23-14-6-12(9-30-11(2)29)5-13(7-14)19-26-27-20(31-19)24-17-4-3-16-15(18(17)21)8-22-25-16/h6-11H,12H2,1-5H3,(H,28,33)(H,29,31);3-8H,9H2,1-2H3,(H,22,25)(H,23,28)(H,24,27). The summed E-state index contributed by atoms with van der Waals surface area (Å²) in [6, 6.07) is 18.3. The van der Waals surface area contributed by atoms with Crippen LogP contribution in [0.1, 0.15) is 59.6 Å². The Hall–Kier alpha value is -6.43. The van der Waals surface area contributed by atoms with Gasteiger partial charge in [0, 0.05) is 72.5 Å². The quantitative estimate of drug-likeness (QED) is 0.0764. The molecule has 5 N–H and O–H groups in total. The van der Waals surface area contributed by atoms with Crippen LogP contribution < -0.4 is 21.3 Å². The monoisotopic (exact) mass is 1040 g/mol. The van der Waals surface area contributed by atoms with Gasteiger partial charge >= 0.3 is 6.09 Å². The van der Waals surface area contributed by atoms with Crippen molar-refractivity contribution in [3.05, 3.63) is 94.2 Å². The van der Waals surface area contributed by atoms with Gasteiger partial charge in [-0.05, 0) is 92.6 Å². The van der Waals surface area contributed by atoms with Gasteiger partial charge in [0.15, 0.2) is 10.2 Å². The molecule has 0 fully saturated rings. The number of hydrogen-bond donors (Lipinski definition) is 5. The second-order valence-electron chi connectivity index (χ2n) is 16.0. The Morgan fingerprint density at radius 3 is 1.68 bits per heavy atom. The zero-order chi connectivity index (χ0) is 49.6. The number of aromatic amines is 1. The summed E-state index contributed by atoms with van der Waals surface area (Å²) in [5.74, 6) is 0.588. The highest BCUT2D eigenvalue weighted by Crippen LogP contribution is 2.38. The van der Waals surface area contributed by atoms with Gasteiger partial charge in [-0.3, -0.25) is 24.3 Å². The summed E-state index contributed by atoms with van der Waals surface area (Å²) in [6.45, 7) is 11.3. The third-order valence-corrected chi connectivity index (χ3v) is 13.5. The number of thioether (sulfide) groups is 2. The molecule has 18 nitrogen and oxygen atoms in total. The van der Waals surface area contributed by atoms with Crippen molar-refractivity contribution in [2.24, 2.45) is 0 Å². The first-order chi connectivity index (χ1) is 32.8. The maximum absolute atomic E-state index is 12.5. The van der Waals surface area contributed by atoms with Gasteiger partial charge in [-0.2, -0.15) is 14.9 Å². The van der Waals surface area contributed by atoms with E-state index in [1.807, 2.05) is 42.5 Å². The molecule has 0 aliphatic rings. The molecule has 0 aliphatic heterocycles. The summed E-state index contributed by atoms with van der Waals surface area (Å²) in [5, 5.41) is 44.7. The Bertz CT molecular complexity index is 3250.